The molecule has 0 amide bonds. The molecular weight excluding hydrogens is 437 g/mol. The Hall–Kier alpha value is -2.79. The molecule has 30 heavy (non-hydrogen) atoms. The molecule has 0 saturated heterocycles. The fourth-order valence-electron chi connectivity index (χ4n) is 2.83. The lowest BCUT2D eigenvalue weighted by Gasteiger charge is -2.10. The number of pyridine rings is 1. The summed E-state index contributed by atoms with van der Waals surface area (Å²) in [5, 5.41) is 10.9. The highest BCUT2D eigenvalue weighted by molar-refractivity contribution is 7.98. The SMILES string of the molecule is COc1cccc(-c2nc(CSc3nnc4ccc(C(F)(F)F)cn34)cs2)c1OC. The second kappa shape index (κ2) is 8.15. The van der Waals surface area contributed by atoms with Crippen LogP contribution in [0.2, 0.25) is 0 Å². The summed E-state index contributed by atoms with van der Waals surface area (Å²) in [4.78, 5) is 4.63. The number of alkyl halides is 3. The lowest BCUT2D eigenvalue weighted by molar-refractivity contribution is -0.137. The number of benzene rings is 1. The lowest BCUT2D eigenvalue weighted by atomic mass is 10.2. The summed E-state index contributed by atoms with van der Waals surface area (Å²) in [7, 11) is 3.13. The van der Waals surface area contributed by atoms with Crippen molar-refractivity contribution in [3.8, 4) is 22.1 Å². The van der Waals surface area contributed by atoms with Gasteiger partial charge in [-0.15, -0.1) is 21.5 Å². The van der Waals surface area contributed by atoms with Crippen LogP contribution in [0.15, 0.2) is 47.1 Å². The molecule has 11 heteroatoms. The van der Waals surface area contributed by atoms with Gasteiger partial charge in [-0.05, 0) is 24.3 Å². The van der Waals surface area contributed by atoms with Gasteiger partial charge in [0.05, 0.1) is 31.0 Å². The lowest BCUT2D eigenvalue weighted by Crippen LogP contribution is -2.06. The molecule has 0 unspecified atom stereocenters. The van der Waals surface area contributed by atoms with Gasteiger partial charge in [0, 0.05) is 17.3 Å². The van der Waals surface area contributed by atoms with Crippen molar-refractivity contribution in [3.63, 3.8) is 0 Å². The molecule has 0 N–H and O–H groups in total. The predicted octanol–water partition coefficient (Wildman–Crippen LogP) is 5.18. The average molecular weight is 452 g/mol. The number of aromatic nitrogens is 4. The van der Waals surface area contributed by atoms with Crippen LogP contribution >= 0.6 is 23.1 Å². The second-order valence-electron chi connectivity index (χ2n) is 6.10. The van der Waals surface area contributed by atoms with Crippen molar-refractivity contribution >= 4 is 28.7 Å². The summed E-state index contributed by atoms with van der Waals surface area (Å²) in [6, 6.07) is 7.84. The third-order valence-electron chi connectivity index (χ3n) is 4.23. The van der Waals surface area contributed by atoms with Gasteiger partial charge in [0.15, 0.2) is 22.3 Å². The van der Waals surface area contributed by atoms with Gasteiger partial charge in [-0.25, -0.2) is 4.98 Å². The standard InChI is InChI=1S/C19H15F3N4O2S2/c1-27-14-5-3-4-13(16(14)28-2)17-23-12(9-29-17)10-30-18-25-24-15-7-6-11(8-26(15)18)19(20,21)22/h3-9H,10H2,1-2H3. The second-order valence-corrected chi connectivity index (χ2v) is 7.90. The van der Waals surface area contributed by atoms with Crippen molar-refractivity contribution in [1.82, 2.24) is 19.6 Å². The minimum Gasteiger partial charge on any atom is -0.493 e. The minimum atomic E-state index is -4.43. The Morgan fingerprint density at radius 3 is 2.67 bits per heavy atom. The smallest absolute Gasteiger partial charge is 0.417 e. The van der Waals surface area contributed by atoms with Crippen LogP contribution in [0.5, 0.6) is 11.5 Å². The fourth-order valence-corrected chi connectivity index (χ4v) is 4.58. The molecule has 1 aromatic carbocycles. The van der Waals surface area contributed by atoms with E-state index in [2.05, 4.69) is 15.2 Å². The maximum atomic E-state index is 13.0. The van der Waals surface area contributed by atoms with Crippen molar-refractivity contribution in [2.45, 2.75) is 17.1 Å². The first-order valence-electron chi connectivity index (χ1n) is 8.61. The Kier molecular flexibility index (Phi) is 5.56. The maximum Gasteiger partial charge on any atom is 0.417 e. The van der Waals surface area contributed by atoms with E-state index in [0.717, 1.165) is 28.5 Å². The summed E-state index contributed by atoms with van der Waals surface area (Å²) in [6.45, 7) is 0. The quantitative estimate of drug-likeness (QED) is 0.376. The first kappa shape index (κ1) is 20.5. The van der Waals surface area contributed by atoms with Crippen LogP contribution in [-0.4, -0.2) is 33.8 Å². The summed E-state index contributed by atoms with van der Waals surface area (Å²) in [5.74, 6) is 1.63. The molecule has 3 aromatic heterocycles. The first-order chi connectivity index (χ1) is 14.4. The van der Waals surface area contributed by atoms with E-state index in [4.69, 9.17) is 9.47 Å². The van der Waals surface area contributed by atoms with Gasteiger partial charge in [0.1, 0.15) is 5.01 Å². The van der Waals surface area contributed by atoms with E-state index in [-0.39, 0.29) is 0 Å². The maximum absolute atomic E-state index is 13.0. The van der Waals surface area contributed by atoms with Gasteiger partial charge >= 0.3 is 6.18 Å². The third kappa shape index (κ3) is 3.94. The van der Waals surface area contributed by atoms with Gasteiger partial charge < -0.3 is 9.47 Å². The summed E-state index contributed by atoms with van der Waals surface area (Å²) < 4.78 is 51.1. The first-order valence-corrected chi connectivity index (χ1v) is 10.5. The number of nitrogens with zero attached hydrogens (tertiary/aromatic N) is 4. The normalized spacial score (nSPS) is 11.8. The topological polar surface area (TPSA) is 61.5 Å². The van der Waals surface area contributed by atoms with E-state index in [1.165, 1.54) is 33.6 Å². The number of methoxy groups -OCH3 is 2. The Balaban J connectivity index is 1.56. The number of para-hydroxylation sites is 1. The fraction of sp³-hybridized carbons (Fsp3) is 0.211. The van der Waals surface area contributed by atoms with Gasteiger partial charge in [0.25, 0.3) is 0 Å². The van der Waals surface area contributed by atoms with Crippen molar-refractivity contribution < 1.29 is 22.6 Å². The zero-order valence-electron chi connectivity index (χ0n) is 15.8. The van der Waals surface area contributed by atoms with Crippen LogP contribution in [0.4, 0.5) is 13.2 Å². The molecular formula is C19H15F3N4O2S2. The molecule has 0 saturated carbocycles. The molecule has 6 nitrogen and oxygen atoms in total. The Bertz CT molecular complexity index is 1190. The molecule has 4 rings (SSSR count). The van der Waals surface area contributed by atoms with E-state index in [9.17, 15) is 13.2 Å². The Morgan fingerprint density at radius 2 is 1.93 bits per heavy atom. The highest BCUT2D eigenvalue weighted by atomic mass is 32.2. The van der Waals surface area contributed by atoms with Gasteiger partial charge in [0.2, 0.25) is 0 Å². The molecule has 0 atom stereocenters. The monoisotopic (exact) mass is 452 g/mol. The molecule has 0 fully saturated rings. The summed E-state index contributed by atoms with van der Waals surface area (Å²) >= 11 is 2.71. The Labute approximate surface area is 177 Å². The van der Waals surface area contributed by atoms with E-state index in [0.29, 0.717) is 28.1 Å². The van der Waals surface area contributed by atoms with Crippen LogP contribution in [0.1, 0.15) is 11.3 Å². The molecule has 3 heterocycles. The van der Waals surface area contributed by atoms with Crippen LogP contribution in [-0.2, 0) is 11.9 Å². The average Bonchev–Trinajstić information content (AvgIpc) is 3.37. The van der Waals surface area contributed by atoms with Crippen molar-refractivity contribution in [2.75, 3.05) is 14.2 Å². The molecule has 4 aromatic rings. The van der Waals surface area contributed by atoms with Crippen molar-refractivity contribution in [3.05, 3.63) is 53.2 Å². The number of ether oxygens (including phenoxy) is 2. The highest BCUT2D eigenvalue weighted by Gasteiger charge is 2.31. The van der Waals surface area contributed by atoms with Crippen LogP contribution < -0.4 is 9.47 Å². The van der Waals surface area contributed by atoms with Gasteiger partial charge in [-0.3, -0.25) is 4.40 Å². The molecule has 0 radical (unpaired) electrons. The summed E-state index contributed by atoms with van der Waals surface area (Å²) in [6.07, 6.45) is -3.43. The Morgan fingerprint density at radius 1 is 1.10 bits per heavy atom. The van der Waals surface area contributed by atoms with Crippen molar-refractivity contribution in [1.29, 1.82) is 0 Å². The minimum absolute atomic E-state index is 0.352. The number of thioether (sulfide) groups is 1. The number of hydrogen-bond acceptors (Lipinski definition) is 7. The highest BCUT2D eigenvalue weighted by Crippen LogP contribution is 2.39. The van der Waals surface area contributed by atoms with Crippen LogP contribution in [0.25, 0.3) is 16.2 Å². The molecule has 0 spiro atoms. The molecule has 0 aliphatic carbocycles. The van der Waals surface area contributed by atoms with E-state index in [1.54, 1.807) is 20.3 Å². The van der Waals surface area contributed by atoms with E-state index in [1.807, 2.05) is 17.5 Å². The van der Waals surface area contributed by atoms with E-state index < -0.39 is 11.7 Å². The predicted molar refractivity (Wildman–Crippen MR) is 108 cm³/mol. The molecule has 156 valence electrons. The molecule has 0 bridgehead atoms. The number of hydrogen-bond donors (Lipinski definition) is 0. The molecule has 0 aliphatic rings. The van der Waals surface area contributed by atoms with Crippen molar-refractivity contribution in [2.24, 2.45) is 0 Å². The summed E-state index contributed by atoms with van der Waals surface area (Å²) in [5.41, 5.74) is 1.18. The number of halogens is 3. The number of rotatable bonds is 6. The van der Waals surface area contributed by atoms with Gasteiger partial charge in [-0.2, -0.15) is 13.2 Å². The van der Waals surface area contributed by atoms with E-state index >= 15 is 0 Å². The largest absolute Gasteiger partial charge is 0.493 e. The zero-order valence-corrected chi connectivity index (χ0v) is 17.4. The number of thiazole rings is 1. The van der Waals surface area contributed by atoms with Crippen LogP contribution in [0, 0.1) is 0 Å². The molecule has 0 aliphatic heterocycles. The zero-order chi connectivity index (χ0) is 21.3. The number of fused-ring (bicyclic) bond motifs is 1. The third-order valence-corrected chi connectivity index (χ3v) is 6.13. The van der Waals surface area contributed by atoms with Crippen LogP contribution in [0.3, 0.4) is 0 Å². The van der Waals surface area contributed by atoms with Gasteiger partial charge in [-0.1, -0.05) is 17.8 Å².